The summed E-state index contributed by atoms with van der Waals surface area (Å²) < 4.78 is 5.02. The molecule has 0 saturated carbocycles. The number of rotatable bonds is 3. The van der Waals surface area contributed by atoms with Gasteiger partial charge in [0, 0.05) is 5.56 Å². The summed E-state index contributed by atoms with van der Waals surface area (Å²) in [6.07, 6.45) is 0. The second-order valence-corrected chi connectivity index (χ2v) is 4.97. The van der Waals surface area contributed by atoms with Gasteiger partial charge in [0.05, 0.1) is 12.3 Å². The number of carbonyl (C=O) groups is 1. The molecule has 0 aliphatic rings. The summed E-state index contributed by atoms with van der Waals surface area (Å²) in [5, 5.41) is 0.869. The number of nitrogens with zero attached hydrogens (tertiary/aromatic N) is 1. The van der Waals surface area contributed by atoms with Gasteiger partial charge in [-0.15, -0.1) is 11.3 Å². The molecule has 94 valence electrons. The van der Waals surface area contributed by atoms with Crippen LogP contribution in [0.3, 0.4) is 0 Å². The lowest BCUT2D eigenvalue weighted by Gasteiger charge is -2.00. The fraction of sp³-hybridized carbons (Fsp3) is 0.286. The Morgan fingerprint density at radius 3 is 2.72 bits per heavy atom. The van der Waals surface area contributed by atoms with Gasteiger partial charge in [-0.1, -0.05) is 24.3 Å². The van der Waals surface area contributed by atoms with Gasteiger partial charge in [-0.2, -0.15) is 0 Å². The molecule has 2 aromatic rings. The van der Waals surface area contributed by atoms with E-state index in [0.29, 0.717) is 11.5 Å². The molecule has 0 aliphatic carbocycles. The monoisotopic (exact) mass is 261 g/mol. The van der Waals surface area contributed by atoms with Crippen LogP contribution >= 0.6 is 11.3 Å². The van der Waals surface area contributed by atoms with Crippen LogP contribution in [0, 0.1) is 13.8 Å². The largest absolute Gasteiger partial charge is 0.462 e. The molecule has 0 unspecified atom stereocenters. The van der Waals surface area contributed by atoms with Gasteiger partial charge in [0.1, 0.15) is 9.88 Å². The molecular weight excluding hydrogens is 246 g/mol. The number of aryl methyl sites for hydroxylation is 2. The van der Waals surface area contributed by atoms with E-state index in [4.69, 9.17) is 4.74 Å². The van der Waals surface area contributed by atoms with E-state index >= 15 is 0 Å². The third-order valence-corrected chi connectivity index (χ3v) is 3.80. The molecule has 18 heavy (non-hydrogen) atoms. The predicted octanol–water partition coefficient (Wildman–Crippen LogP) is 3.60. The Hall–Kier alpha value is -1.68. The average molecular weight is 261 g/mol. The second kappa shape index (κ2) is 5.31. The summed E-state index contributed by atoms with van der Waals surface area (Å²) in [5.74, 6) is -0.285. The van der Waals surface area contributed by atoms with Gasteiger partial charge < -0.3 is 4.74 Å². The molecular formula is C14H15NO2S. The molecule has 3 nitrogen and oxygen atoms in total. The first-order valence-electron chi connectivity index (χ1n) is 5.84. The third-order valence-electron chi connectivity index (χ3n) is 2.63. The Morgan fingerprint density at radius 2 is 2.06 bits per heavy atom. The van der Waals surface area contributed by atoms with Gasteiger partial charge >= 0.3 is 5.97 Å². The number of esters is 1. The maximum Gasteiger partial charge on any atom is 0.350 e. The molecule has 0 fully saturated rings. The van der Waals surface area contributed by atoms with Crippen LogP contribution in [0.15, 0.2) is 24.3 Å². The van der Waals surface area contributed by atoms with E-state index < -0.39 is 0 Å². The van der Waals surface area contributed by atoms with Crippen molar-refractivity contribution in [3.63, 3.8) is 0 Å². The Labute approximate surface area is 110 Å². The lowest BCUT2D eigenvalue weighted by Crippen LogP contribution is -2.03. The first-order chi connectivity index (χ1) is 8.63. The number of hydrogen-bond acceptors (Lipinski definition) is 4. The van der Waals surface area contributed by atoms with Crippen molar-refractivity contribution in [2.24, 2.45) is 0 Å². The number of benzene rings is 1. The topological polar surface area (TPSA) is 39.2 Å². The zero-order valence-corrected chi connectivity index (χ0v) is 11.5. The van der Waals surface area contributed by atoms with Gasteiger partial charge in [0.15, 0.2) is 0 Å². The van der Waals surface area contributed by atoms with Crippen LogP contribution in [0.1, 0.15) is 27.9 Å². The van der Waals surface area contributed by atoms with Gasteiger partial charge in [0.25, 0.3) is 0 Å². The molecule has 2 rings (SSSR count). The summed E-state index contributed by atoms with van der Waals surface area (Å²) in [6, 6.07) is 8.02. The van der Waals surface area contributed by atoms with Crippen molar-refractivity contribution in [3.8, 4) is 10.6 Å². The summed E-state index contributed by atoms with van der Waals surface area (Å²) >= 11 is 1.39. The molecule has 1 aromatic heterocycles. The van der Waals surface area contributed by atoms with E-state index in [1.54, 1.807) is 6.92 Å². The van der Waals surface area contributed by atoms with Crippen LogP contribution in [0.2, 0.25) is 0 Å². The molecule has 1 aromatic carbocycles. The molecule has 0 aliphatic heterocycles. The smallest absolute Gasteiger partial charge is 0.350 e. The summed E-state index contributed by atoms with van der Waals surface area (Å²) in [5.41, 5.74) is 2.96. The highest BCUT2D eigenvalue weighted by Crippen LogP contribution is 2.30. The Balaban J connectivity index is 2.41. The van der Waals surface area contributed by atoms with E-state index in [9.17, 15) is 4.79 Å². The summed E-state index contributed by atoms with van der Waals surface area (Å²) in [7, 11) is 0. The molecule has 1 heterocycles. The lowest BCUT2D eigenvalue weighted by molar-refractivity contribution is 0.0531. The molecule has 0 N–H and O–H groups in total. The van der Waals surface area contributed by atoms with Gasteiger partial charge in [0.2, 0.25) is 0 Å². The van der Waals surface area contributed by atoms with Crippen molar-refractivity contribution >= 4 is 17.3 Å². The number of hydrogen-bond donors (Lipinski definition) is 0. The van der Waals surface area contributed by atoms with E-state index in [2.05, 4.69) is 4.98 Å². The average Bonchev–Trinajstić information content (AvgIpc) is 2.72. The lowest BCUT2D eigenvalue weighted by atomic mass is 10.1. The van der Waals surface area contributed by atoms with Gasteiger partial charge in [-0.25, -0.2) is 9.78 Å². The molecule has 0 amide bonds. The van der Waals surface area contributed by atoms with Crippen molar-refractivity contribution < 1.29 is 9.53 Å². The number of carbonyl (C=O) groups excluding carboxylic acids is 1. The van der Waals surface area contributed by atoms with Crippen LogP contribution in [-0.2, 0) is 4.74 Å². The Morgan fingerprint density at radius 1 is 1.33 bits per heavy atom. The van der Waals surface area contributed by atoms with Crippen molar-refractivity contribution in [1.82, 2.24) is 4.98 Å². The number of ether oxygens (including phenoxy) is 1. The first-order valence-corrected chi connectivity index (χ1v) is 6.65. The van der Waals surface area contributed by atoms with E-state index in [-0.39, 0.29) is 5.97 Å². The van der Waals surface area contributed by atoms with Crippen molar-refractivity contribution in [1.29, 1.82) is 0 Å². The van der Waals surface area contributed by atoms with Crippen LogP contribution in [0.5, 0.6) is 0 Å². The quantitative estimate of drug-likeness (QED) is 0.792. The highest BCUT2D eigenvalue weighted by atomic mass is 32.1. The maximum atomic E-state index is 11.7. The molecule has 4 heteroatoms. The first kappa shape index (κ1) is 12.8. The minimum Gasteiger partial charge on any atom is -0.462 e. The van der Waals surface area contributed by atoms with Crippen LogP contribution in [0.25, 0.3) is 10.6 Å². The fourth-order valence-corrected chi connectivity index (χ4v) is 2.76. The molecule has 0 radical (unpaired) electrons. The zero-order chi connectivity index (χ0) is 13.1. The Bertz CT molecular complexity index is 575. The molecule has 0 bridgehead atoms. The highest BCUT2D eigenvalue weighted by molar-refractivity contribution is 7.17. The SMILES string of the molecule is CCOC(=O)c1sc(-c2ccccc2C)nc1C. The summed E-state index contributed by atoms with van der Waals surface area (Å²) in [4.78, 5) is 16.8. The van der Waals surface area contributed by atoms with Crippen LogP contribution in [-0.4, -0.2) is 17.6 Å². The molecule has 0 spiro atoms. The maximum absolute atomic E-state index is 11.7. The van der Waals surface area contributed by atoms with Crippen molar-refractivity contribution in [3.05, 3.63) is 40.4 Å². The Kier molecular flexibility index (Phi) is 3.77. The van der Waals surface area contributed by atoms with Gasteiger partial charge in [-0.05, 0) is 26.3 Å². The third kappa shape index (κ3) is 2.43. The zero-order valence-electron chi connectivity index (χ0n) is 10.7. The van der Waals surface area contributed by atoms with E-state index in [0.717, 1.165) is 21.8 Å². The fourth-order valence-electron chi connectivity index (χ4n) is 1.71. The van der Waals surface area contributed by atoms with Crippen molar-refractivity contribution in [2.45, 2.75) is 20.8 Å². The van der Waals surface area contributed by atoms with Crippen LogP contribution < -0.4 is 0 Å². The number of aromatic nitrogens is 1. The minimum absolute atomic E-state index is 0.285. The minimum atomic E-state index is -0.285. The molecule has 0 atom stereocenters. The van der Waals surface area contributed by atoms with Gasteiger partial charge in [-0.3, -0.25) is 0 Å². The molecule has 0 saturated heterocycles. The van der Waals surface area contributed by atoms with E-state index in [1.165, 1.54) is 11.3 Å². The van der Waals surface area contributed by atoms with Crippen molar-refractivity contribution in [2.75, 3.05) is 6.61 Å². The second-order valence-electron chi connectivity index (χ2n) is 3.97. The normalized spacial score (nSPS) is 10.4. The van der Waals surface area contributed by atoms with E-state index in [1.807, 2.05) is 38.1 Å². The number of thiazole rings is 1. The standard InChI is InChI=1S/C14H15NO2S/c1-4-17-14(16)12-10(3)15-13(18-12)11-8-6-5-7-9(11)2/h5-8H,4H2,1-3H3. The highest BCUT2D eigenvalue weighted by Gasteiger charge is 2.17. The van der Waals surface area contributed by atoms with Crippen LogP contribution in [0.4, 0.5) is 0 Å². The predicted molar refractivity (Wildman–Crippen MR) is 73.0 cm³/mol. The summed E-state index contributed by atoms with van der Waals surface area (Å²) in [6.45, 7) is 6.06.